The van der Waals surface area contributed by atoms with Crippen molar-refractivity contribution in [2.75, 3.05) is 6.61 Å². The number of unbranched alkanes of at least 4 members (excludes halogenated alkanes) is 1. The smallest absolute Gasteiger partial charge is 0.330 e. The first kappa shape index (κ1) is 16.0. The Morgan fingerprint density at radius 2 is 2.14 bits per heavy atom. The lowest BCUT2D eigenvalue weighted by molar-refractivity contribution is -0.137. The van der Waals surface area contributed by atoms with Crippen molar-refractivity contribution < 1.29 is 19.1 Å². The summed E-state index contributed by atoms with van der Waals surface area (Å²) < 4.78 is 10.6. The third-order valence-corrected chi connectivity index (χ3v) is 3.36. The summed E-state index contributed by atoms with van der Waals surface area (Å²) in [5.74, 6) is -0.481. The molecular weight excluding hydrogens is 280 g/mol. The highest BCUT2D eigenvalue weighted by molar-refractivity contribution is 6.00. The lowest BCUT2D eigenvalue weighted by Gasteiger charge is -2.21. The summed E-state index contributed by atoms with van der Waals surface area (Å²) in [6, 6.07) is 9.60. The van der Waals surface area contributed by atoms with Gasteiger partial charge in [-0.25, -0.2) is 4.79 Å². The predicted octanol–water partition coefficient (Wildman–Crippen LogP) is 3.50. The van der Waals surface area contributed by atoms with Crippen LogP contribution >= 0.6 is 0 Å². The normalized spacial score (nSPS) is 18.0. The average molecular weight is 300 g/mol. The summed E-state index contributed by atoms with van der Waals surface area (Å²) >= 11 is 0. The molecule has 1 atom stereocenters. The van der Waals surface area contributed by atoms with Gasteiger partial charge in [-0.3, -0.25) is 4.79 Å². The summed E-state index contributed by atoms with van der Waals surface area (Å²) in [4.78, 5) is 23.6. The first-order chi connectivity index (χ1) is 10.7. The van der Waals surface area contributed by atoms with Gasteiger partial charge in [-0.2, -0.15) is 0 Å². The second-order valence-electron chi connectivity index (χ2n) is 5.09. The van der Waals surface area contributed by atoms with Crippen molar-refractivity contribution >= 4 is 11.8 Å². The molecule has 0 amide bonds. The molecule has 0 radical (unpaired) electrons. The number of esters is 1. The molecule has 0 saturated carbocycles. The van der Waals surface area contributed by atoms with Gasteiger partial charge in [0, 0.05) is 6.08 Å². The first-order valence-corrected chi connectivity index (χ1v) is 7.49. The number of rotatable bonds is 6. The van der Waals surface area contributed by atoms with Gasteiger partial charge in [0.1, 0.15) is 6.10 Å². The standard InChI is InChI=1S/C18H20O4/c1-2-3-11-21-18(20)10-9-15-13-22-17(12-16(15)19)14-7-5-4-6-8-14/h4-10,13,17H,2-3,11-12H2,1H3/b10-9+. The molecule has 0 fully saturated rings. The van der Waals surface area contributed by atoms with Crippen LogP contribution in [-0.2, 0) is 19.1 Å². The molecular formula is C18H20O4. The minimum atomic E-state index is -0.438. The number of ketones is 1. The van der Waals surface area contributed by atoms with Crippen LogP contribution in [0.5, 0.6) is 0 Å². The Morgan fingerprint density at radius 3 is 2.82 bits per heavy atom. The van der Waals surface area contributed by atoms with Gasteiger partial charge in [-0.1, -0.05) is 43.7 Å². The lowest BCUT2D eigenvalue weighted by atomic mass is 9.98. The van der Waals surface area contributed by atoms with E-state index >= 15 is 0 Å². The minimum Gasteiger partial charge on any atom is -0.492 e. The van der Waals surface area contributed by atoms with Gasteiger partial charge < -0.3 is 9.47 Å². The number of carbonyl (C=O) groups excluding carboxylic acids is 2. The predicted molar refractivity (Wildman–Crippen MR) is 83.0 cm³/mol. The SMILES string of the molecule is CCCCOC(=O)/C=C/C1=COC(c2ccccc2)CC1=O. The lowest BCUT2D eigenvalue weighted by Crippen LogP contribution is -2.15. The van der Waals surface area contributed by atoms with Gasteiger partial charge in [-0.05, 0) is 18.1 Å². The van der Waals surface area contributed by atoms with E-state index in [1.165, 1.54) is 18.4 Å². The second-order valence-corrected chi connectivity index (χ2v) is 5.09. The highest BCUT2D eigenvalue weighted by Crippen LogP contribution is 2.27. The van der Waals surface area contributed by atoms with Crippen LogP contribution in [0.3, 0.4) is 0 Å². The van der Waals surface area contributed by atoms with Crippen molar-refractivity contribution in [1.29, 1.82) is 0 Å². The zero-order valence-corrected chi connectivity index (χ0v) is 12.7. The van der Waals surface area contributed by atoms with Gasteiger partial charge in [0.15, 0.2) is 5.78 Å². The topological polar surface area (TPSA) is 52.6 Å². The number of allylic oxidation sites excluding steroid dienone is 2. The van der Waals surface area contributed by atoms with Crippen molar-refractivity contribution in [2.45, 2.75) is 32.3 Å². The molecule has 0 aliphatic carbocycles. The Labute approximate surface area is 130 Å². The number of ether oxygens (including phenoxy) is 2. The maximum absolute atomic E-state index is 12.1. The Balaban J connectivity index is 1.92. The molecule has 0 bridgehead atoms. The maximum Gasteiger partial charge on any atom is 0.330 e. The fourth-order valence-electron chi connectivity index (χ4n) is 2.07. The zero-order valence-electron chi connectivity index (χ0n) is 12.7. The highest BCUT2D eigenvalue weighted by atomic mass is 16.5. The van der Waals surface area contributed by atoms with E-state index in [4.69, 9.17) is 9.47 Å². The quantitative estimate of drug-likeness (QED) is 0.458. The van der Waals surface area contributed by atoms with Crippen molar-refractivity contribution in [3.63, 3.8) is 0 Å². The zero-order chi connectivity index (χ0) is 15.8. The van der Waals surface area contributed by atoms with Crippen LogP contribution in [0.1, 0.15) is 37.9 Å². The summed E-state index contributed by atoms with van der Waals surface area (Å²) in [7, 11) is 0. The molecule has 1 aromatic carbocycles. The number of hydrogen-bond acceptors (Lipinski definition) is 4. The Morgan fingerprint density at radius 1 is 1.36 bits per heavy atom. The molecule has 22 heavy (non-hydrogen) atoms. The van der Waals surface area contributed by atoms with E-state index < -0.39 is 5.97 Å². The van der Waals surface area contributed by atoms with Crippen LogP contribution in [0.25, 0.3) is 0 Å². The summed E-state index contributed by atoms with van der Waals surface area (Å²) in [5.41, 5.74) is 1.36. The molecule has 1 aliphatic rings. The Hall–Kier alpha value is -2.36. The Bertz CT molecular complexity index is 572. The molecule has 1 aliphatic heterocycles. The van der Waals surface area contributed by atoms with E-state index in [9.17, 15) is 9.59 Å². The van der Waals surface area contributed by atoms with E-state index in [1.54, 1.807) is 0 Å². The average Bonchev–Trinajstić information content (AvgIpc) is 2.55. The molecule has 2 rings (SSSR count). The summed E-state index contributed by atoms with van der Waals surface area (Å²) in [6.45, 7) is 2.43. The van der Waals surface area contributed by atoms with E-state index in [1.807, 2.05) is 37.3 Å². The van der Waals surface area contributed by atoms with E-state index in [0.29, 0.717) is 12.2 Å². The molecule has 0 aromatic heterocycles. The molecule has 4 heteroatoms. The molecule has 1 heterocycles. The van der Waals surface area contributed by atoms with Crippen molar-refractivity contribution in [2.24, 2.45) is 0 Å². The summed E-state index contributed by atoms with van der Waals surface area (Å²) in [5, 5.41) is 0. The number of hydrogen-bond donors (Lipinski definition) is 0. The molecule has 116 valence electrons. The van der Waals surface area contributed by atoms with Gasteiger partial charge >= 0.3 is 5.97 Å². The number of Topliss-reactive ketones (excluding diaryl/α,β-unsaturated/α-hetero) is 1. The van der Waals surface area contributed by atoms with Crippen LogP contribution in [-0.4, -0.2) is 18.4 Å². The first-order valence-electron chi connectivity index (χ1n) is 7.49. The third kappa shape index (κ3) is 4.58. The fraction of sp³-hybridized carbons (Fsp3) is 0.333. The second kappa shape index (κ2) is 8.17. The van der Waals surface area contributed by atoms with Crippen molar-refractivity contribution in [3.05, 3.63) is 59.9 Å². The van der Waals surface area contributed by atoms with Crippen LogP contribution in [0.4, 0.5) is 0 Å². The minimum absolute atomic E-state index is 0.0438. The number of benzene rings is 1. The van der Waals surface area contributed by atoms with Gasteiger partial charge in [0.2, 0.25) is 0 Å². The van der Waals surface area contributed by atoms with Crippen molar-refractivity contribution in [3.8, 4) is 0 Å². The molecule has 1 unspecified atom stereocenters. The van der Waals surface area contributed by atoms with E-state index in [2.05, 4.69) is 0 Å². The van der Waals surface area contributed by atoms with Crippen molar-refractivity contribution in [1.82, 2.24) is 0 Å². The monoisotopic (exact) mass is 300 g/mol. The van der Waals surface area contributed by atoms with Crippen LogP contribution in [0.15, 0.2) is 54.3 Å². The molecule has 0 N–H and O–H groups in total. The molecule has 1 aromatic rings. The molecule has 4 nitrogen and oxygen atoms in total. The fourth-order valence-corrected chi connectivity index (χ4v) is 2.07. The van der Waals surface area contributed by atoms with Crippen LogP contribution < -0.4 is 0 Å². The maximum atomic E-state index is 12.1. The largest absolute Gasteiger partial charge is 0.492 e. The van der Waals surface area contributed by atoms with Crippen LogP contribution in [0.2, 0.25) is 0 Å². The highest BCUT2D eigenvalue weighted by Gasteiger charge is 2.23. The molecule has 0 saturated heterocycles. The van der Waals surface area contributed by atoms with E-state index in [0.717, 1.165) is 18.4 Å². The van der Waals surface area contributed by atoms with Gasteiger partial charge in [0.05, 0.1) is 24.9 Å². The van der Waals surface area contributed by atoms with Gasteiger partial charge in [0.25, 0.3) is 0 Å². The van der Waals surface area contributed by atoms with Gasteiger partial charge in [-0.15, -0.1) is 0 Å². The van der Waals surface area contributed by atoms with E-state index in [-0.39, 0.29) is 18.3 Å². The summed E-state index contributed by atoms with van der Waals surface area (Å²) in [6.07, 6.45) is 5.95. The number of carbonyl (C=O) groups is 2. The Kier molecular flexibility index (Phi) is 5.95. The third-order valence-electron chi connectivity index (χ3n) is 3.36. The molecule has 0 spiro atoms. The van der Waals surface area contributed by atoms with Crippen LogP contribution in [0, 0.1) is 0 Å².